The molecule has 0 aromatic heterocycles. The number of alkyl halides is 1. The molecule has 4 heterocycles. The van der Waals surface area contributed by atoms with Gasteiger partial charge in [-0.1, -0.05) is 17.7 Å². The number of likely N-dealkylation sites (tertiary alicyclic amines) is 1. The number of fused-ring (bicyclic) bond motifs is 2. The van der Waals surface area contributed by atoms with E-state index in [1.165, 1.54) is 0 Å². The number of ether oxygens (including phenoxy) is 2. The molecule has 0 amide bonds. The molecule has 1 aromatic carbocycles. The Morgan fingerprint density at radius 1 is 1.24 bits per heavy atom. The van der Waals surface area contributed by atoms with E-state index < -0.39 is 36.8 Å². The minimum Gasteiger partial charge on any atom is -0.387 e. The van der Waals surface area contributed by atoms with E-state index in [2.05, 4.69) is 10.6 Å². The number of benzene rings is 1. The first-order valence-corrected chi connectivity index (χ1v) is 10.6. The fourth-order valence-corrected chi connectivity index (χ4v) is 5.55. The summed E-state index contributed by atoms with van der Waals surface area (Å²) in [5.74, 6) is -0.246. The van der Waals surface area contributed by atoms with E-state index >= 15 is 0 Å². The summed E-state index contributed by atoms with van der Waals surface area (Å²) in [5.41, 5.74) is 1.97. The Kier molecular flexibility index (Phi) is 5.33. The molecule has 4 aliphatic heterocycles. The Bertz CT molecular complexity index is 773. The van der Waals surface area contributed by atoms with Gasteiger partial charge < -0.3 is 25.0 Å². The van der Waals surface area contributed by atoms with Crippen LogP contribution in [0.4, 0.5) is 4.39 Å². The van der Waals surface area contributed by atoms with Gasteiger partial charge in [0, 0.05) is 30.2 Å². The highest BCUT2D eigenvalue weighted by molar-refractivity contribution is 6.30. The van der Waals surface area contributed by atoms with Gasteiger partial charge in [0.2, 0.25) is 0 Å². The fraction of sp³-hybridized carbons (Fsp3) is 0.700. The molecule has 29 heavy (non-hydrogen) atoms. The zero-order valence-corrected chi connectivity index (χ0v) is 16.9. The van der Waals surface area contributed by atoms with Crippen LogP contribution in [0.5, 0.6) is 0 Å². The van der Waals surface area contributed by atoms with E-state index in [4.69, 9.17) is 21.1 Å². The van der Waals surface area contributed by atoms with Crippen molar-refractivity contribution >= 4 is 11.6 Å². The number of rotatable bonds is 2. The monoisotopic (exact) mass is 427 g/mol. The van der Waals surface area contributed by atoms with Crippen molar-refractivity contribution < 1.29 is 24.1 Å². The highest BCUT2D eigenvalue weighted by atomic mass is 35.5. The Labute approximate surface area is 174 Å². The summed E-state index contributed by atoms with van der Waals surface area (Å²) in [6.07, 6.45) is -4.92. The topological polar surface area (TPSA) is 86.2 Å². The molecule has 7 nitrogen and oxygen atoms in total. The van der Waals surface area contributed by atoms with Crippen molar-refractivity contribution in [3.63, 3.8) is 0 Å². The van der Waals surface area contributed by atoms with Gasteiger partial charge in [-0.25, -0.2) is 4.39 Å². The van der Waals surface area contributed by atoms with Crippen LogP contribution in [-0.2, 0) is 15.9 Å². The van der Waals surface area contributed by atoms with Crippen LogP contribution in [0, 0.1) is 5.92 Å². The van der Waals surface area contributed by atoms with Crippen LogP contribution < -0.4 is 10.6 Å². The SMILES string of the molecule is CC1NCNC2C1C(F)CN2[C@@H]1O[C@H]([C@@H]2OCCc3cc(Cl)ccc32)[C@@H](O)[C@H]1O. The average Bonchev–Trinajstić information content (AvgIpc) is 3.19. The van der Waals surface area contributed by atoms with Crippen LogP contribution >= 0.6 is 11.6 Å². The van der Waals surface area contributed by atoms with Crippen LogP contribution in [0.2, 0.25) is 5.02 Å². The second kappa shape index (κ2) is 7.69. The van der Waals surface area contributed by atoms with E-state index in [9.17, 15) is 14.6 Å². The van der Waals surface area contributed by atoms with Crippen molar-refractivity contribution in [2.75, 3.05) is 19.8 Å². The summed E-state index contributed by atoms with van der Waals surface area (Å²) in [4.78, 5) is 1.81. The normalized spacial score (nSPS) is 45.2. The van der Waals surface area contributed by atoms with Gasteiger partial charge in [-0.15, -0.1) is 0 Å². The first-order chi connectivity index (χ1) is 14.0. The molecule has 5 rings (SSSR count). The molecule has 4 N–H and O–H groups in total. The third-order valence-corrected chi connectivity index (χ3v) is 7.05. The van der Waals surface area contributed by atoms with Crippen molar-refractivity contribution in [1.29, 1.82) is 0 Å². The highest BCUT2D eigenvalue weighted by Gasteiger charge is 2.56. The molecule has 0 radical (unpaired) electrons. The lowest BCUT2D eigenvalue weighted by atomic mass is 9.92. The molecule has 9 heteroatoms. The minimum absolute atomic E-state index is 0.0128. The van der Waals surface area contributed by atoms with Crippen LogP contribution in [0.3, 0.4) is 0 Å². The molecular formula is C20H27ClFN3O4. The summed E-state index contributed by atoms with van der Waals surface area (Å²) in [6, 6.07) is 5.59. The summed E-state index contributed by atoms with van der Waals surface area (Å²) >= 11 is 6.12. The second-order valence-corrected chi connectivity index (χ2v) is 8.90. The van der Waals surface area contributed by atoms with Crippen molar-refractivity contribution in [1.82, 2.24) is 15.5 Å². The van der Waals surface area contributed by atoms with Gasteiger partial charge in [0.15, 0.2) is 0 Å². The molecule has 9 atom stereocenters. The smallest absolute Gasteiger partial charge is 0.141 e. The second-order valence-electron chi connectivity index (χ2n) is 8.47. The highest BCUT2D eigenvalue weighted by Crippen LogP contribution is 2.41. The lowest BCUT2D eigenvalue weighted by Crippen LogP contribution is -2.62. The van der Waals surface area contributed by atoms with E-state index in [-0.39, 0.29) is 24.7 Å². The Morgan fingerprint density at radius 2 is 2.07 bits per heavy atom. The van der Waals surface area contributed by atoms with E-state index in [1.807, 2.05) is 24.0 Å². The molecule has 0 saturated carbocycles. The van der Waals surface area contributed by atoms with E-state index in [0.717, 1.165) is 17.5 Å². The van der Waals surface area contributed by atoms with Crippen LogP contribution in [0.15, 0.2) is 18.2 Å². The maximum absolute atomic E-state index is 14.8. The van der Waals surface area contributed by atoms with Crippen molar-refractivity contribution in [3.8, 4) is 0 Å². The number of halogens is 2. The van der Waals surface area contributed by atoms with Gasteiger partial charge in [-0.2, -0.15) is 0 Å². The number of nitrogens with zero attached hydrogens (tertiary/aromatic N) is 1. The fourth-order valence-electron chi connectivity index (χ4n) is 5.35. The molecule has 0 aliphatic carbocycles. The molecule has 3 fully saturated rings. The van der Waals surface area contributed by atoms with Crippen LogP contribution in [-0.4, -0.2) is 77.9 Å². The lowest BCUT2D eigenvalue weighted by Gasteiger charge is -2.39. The van der Waals surface area contributed by atoms with Crippen LogP contribution in [0.1, 0.15) is 24.2 Å². The number of nitrogens with one attached hydrogen (secondary N) is 2. The third kappa shape index (κ3) is 3.30. The summed E-state index contributed by atoms with van der Waals surface area (Å²) in [6.45, 7) is 3.15. The molecule has 1 aromatic rings. The maximum atomic E-state index is 14.8. The maximum Gasteiger partial charge on any atom is 0.141 e. The first kappa shape index (κ1) is 20.1. The largest absolute Gasteiger partial charge is 0.387 e. The number of hydrogen-bond acceptors (Lipinski definition) is 7. The van der Waals surface area contributed by atoms with Gasteiger partial charge in [0.1, 0.15) is 36.8 Å². The van der Waals surface area contributed by atoms with Crippen LogP contribution in [0.25, 0.3) is 0 Å². The average molecular weight is 428 g/mol. The molecule has 160 valence electrons. The Hall–Kier alpha value is -0.840. The predicted molar refractivity (Wildman–Crippen MR) is 104 cm³/mol. The standard InChI is InChI=1S/C20H27ClFN3O4/c1-9-14-13(22)7-25(19(14)24-8-23-9)20-16(27)15(26)18(29-20)17-12-3-2-11(21)6-10(12)4-5-28-17/h2-3,6,9,13-20,23-24,26-27H,4-5,7-8H2,1H3/t9?,13?,14?,15-,16+,17+,18-,19?,20+/m0/s1. The van der Waals surface area contributed by atoms with Crippen molar-refractivity contribution in [2.24, 2.45) is 5.92 Å². The number of aliphatic hydroxyl groups is 2. The van der Waals surface area contributed by atoms with E-state index in [0.29, 0.717) is 18.3 Å². The Morgan fingerprint density at radius 3 is 2.90 bits per heavy atom. The summed E-state index contributed by atoms with van der Waals surface area (Å²) in [7, 11) is 0. The Balaban J connectivity index is 1.39. The third-order valence-electron chi connectivity index (χ3n) is 6.82. The molecule has 3 saturated heterocycles. The van der Waals surface area contributed by atoms with Gasteiger partial charge in [0.05, 0.1) is 12.8 Å². The van der Waals surface area contributed by atoms with Crippen molar-refractivity contribution in [2.45, 2.75) is 62.4 Å². The van der Waals surface area contributed by atoms with E-state index in [1.54, 1.807) is 6.07 Å². The van der Waals surface area contributed by atoms with Gasteiger partial charge in [-0.3, -0.25) is 10.2 Å². The van der Waals surface area contributed by atoms with Crippen molar-refractivity contribution in [3.05, 3.63) is 34.3 Å². The summed E-state index contributed by atoms with van der Waals surface area (Å²) in [5, 5.41) is 28.8. The lowest BCUT2D eigenvalue weighted by molar-refractivity contribution is -0.142. The summed E-state index contributed by atoms with van der Waals surface area (Å²) < 4.78 is 26.9. The number of hydrogen-bond donors (Lipinski definition) is 4. The van der Waals surface area contributed by atoms with Gasteiger partial charge in [-0.05, 0) is 36.6 Å². The zero-order valence-electron chi connectivity index (χ0n) is 16.2. The molecular weight excluding hydrogens is 401 g/mol. The zero-order chi connectivity index (χ0) is 20.3. The minimum atomic E-state index is -1.15. The first-order valence-electron chi connectivity index (χ1n) is 10.2. The number of aliphatic hydroxyl groups excluding tert-OH is 2. The van der Waals surface area contributed by atoms with Gasteiger partial charge in [0.25, 0.3) is 0 Å². The van der Waals surface area contributed by atoms with Gasteiger partial charge >= 0.3 is 0 Å². The quantitative estimate of drug-likeness (QED) is 0.548. The molecule has 0 bridgehead atoms. The molecule has 0 spiro atoms. The molecule has 4 unspecified atom stereocenters. The predicted octanol–water partition coefficient (Wildman–Crippen LogP) is 0.535. The molecule has 4 aliphatic rings.